The molecule has 3 saturated carbocycles. The van der Waals surface area contributed by atoms with E-state index < -0.39 is 0 Å². The first kappa shape index (κ1) is 20.7. The molecule has 4 nitrogen and oxygen atoms in total. The van der Waals surface area contributed by atoms with Crippen LogP contribution in [0.1, 0.15) is 84.5 Å². The summed E-state index contributed by atoms with van der Waals surface area (Å²) in [6.45, 7) is 7.85. The van der Waals surface area contributed by atoms with Gasteiger partial charge in [0, 0.05) is 24.8 Å². The third kappa shape index (κ3) is 3.38. The maximum atomic E-state index is 12.6. The number of ketones is 1. The Bertz CT molecular complexity index is 739. The van der Waals surface area contributed by atoms with E-state index in [-0.39, 0.29) is 22.9 Å². The normalized spacial score (nSPS) is 43.5. The summed E-state index contributed by atoms with van der Waals surface area (Å²) >= 11 is 0. The summed E-state index contributed by atoms with van der Waals surface area (Å²) in [4.78, 5) is 27.4. The number of likely N-dealkylation sites (tertiary alicyclic amines) is 1. The summed E-state index contributed by atoms with van der Waals surface area (Å²) < 4.78 is 5.93. The zero-order chi connectivity index (χ0) is 20.9. The van der Waals surface area contributed by atoms with Crippen LogP contribution in [0.4, 0.5) is 0 Å². The Morgan fingerprint density at radius 1 is 1.10 bits per heavy atom. The van der Waals surface area contributed by atoms with E-state index in [2.05, 4.69) is 24.8 Å². The van der Waals surface area contributed by atoms with Gasteiger partial charge in [-0.3, -0.25) is 9.59 Å². The molecule has 0 radical (unpaired) electrons. The van der Waals surface area contributed by atoms with Crippen molar-refractivity contribution < 1.29 is 14.3 Å². The Hall–Kier alpha value is -1.16. The summed E-state index contributed by atoms with van der Waals surface area (Å²) in [5, 5.41) is 0. The Morgan fingerprint density at radius 3 is 2.63 bits per heavy atom. The summed E-state index contributed by atoms with van der Waals surface area (Å²) in [5.41, 5.74) is 1.74. The van der Waals surface area contributed by atoms with Crippen molar-refractivity contribution in [3.8, 4) is 0 Å². The highest BCUT2D eigenvalue weighted by Gasteiger charge is 2.58. The fourth-order valence-corrected chi connectivity index (χ4v) is 8.00. The average molecular weight is 414 g/mol. The van der Waals surface area contributed by atoms with Gasteiger partial charge in [-0.1, -0.05) is 25.5 Å². The third-order valence-electron chi connectivity index (χ3n) is 9.90. The molecule has 4 heteroatoms. The van der Waals surface area contributed by atoms with Crippen LogP contribution in [0.2, 0.25) is 0 Å². The minimum Gasteiger partial charge on any atom is -0.462 e. The number of carbonyl (C=O) groups excluding carboxylic acids is 2. The first-order chi connectivity index (χ1) is 14.4. The monoisotopic (exact) mass is 413 g/mol. The second kappa shape index (κ2) is 7.76. The molecular weight excluding hydrogens is 374 g/mol. The molecule has 0 aromatic heterocycles. The number of nitrogens with zero attached hydrogens (tertiary/aromatic N) is 1. The maximum absolute atomic E-state index is 12.6. The van der Waals surface area contributed by atoms with Crippen LogP contribution in [-0.4, -0.2) is 42.4 Å². The fourth-order valence-electron chi connectivity index (χ4n) is 8.00. The van der Waals surface area contributed by atoms with E-state index in [0.717, 1.165) is 64.6 Å². The van der Waals surface area contributed by atoms with Crippen molar-refractivity contribution in [2.75, 3.05) is 19.6 Å². The van der Waals surface area contributed by atoms with Crippen LogP contribution in [0.3, 0.4) is 0 Å². The Labute approximate surface area is 181 Å². The minimum atomic E-state index is -0.0507. The highest BCUT2D eigenvalue weighted by Crippen LogP contribution is 2.64. The largest absolute Gasteiger partial charge is 0.462 e. The van der Waals surface area contributed by atoms with Gasteiger partial charge in [-0.2, -0.15) is 0 Å². The van der Waals surface area contributed by atoms with Gasteiger partial charge >= 0.3 is 5.97 Å². The molecule has 6 atom stereocenters. The summed E-state index contributed by atoms with van der Waals surface area (Å²) in [7, 11) is 0. The van der Waals surface area contributed by atoms with Crippen molar-refractivity contribution in [3.63, 3.8) is 0 Å². The molecule has 0 aromatic carbocycles. The van der Waals surface area contributed by atoms with E-state index in [1.807, 2.05) is 0 Å². The molecule has 0 bridgehead atoms. The number of hydrogen-bond donors (Lipinski definition) is 0. The molecule has 0 unspecified atom stereocenters. The van der Waals surface area contributed by atoms with E-state index in [4.69, 9.17) is 4.74 Å². The van der Waals surface area contributed by atoms with Gasteiger partial charge in [0.25, 0.3) is 0 Å². The number of hydrogen-bond acceptors (Lipinski definition) is 4. The van der Waals surface area contributed by atoms with E-state index in [9.17, 15) is 9.59 Å². The number of rotatable bonds is 4. The SMILES string of the molecule is C[C@]12CC[C@H](OC(=O)CCN3CCCC3)CC1=CC[C@H]1[C@H]2CC[C@]2(C)C(=O)CC[C@H]12. The van der Waals surface area contributed by atoms with Crippen molar-refractivity contribution in [1.82, 2.24) is 4.90 Å². The Morgan fingerprint density at radius 2 is 1.83 bits per heavy atom. The van der Waals surface area contributed by atoms with Crippen molar-refractivity contribution in [2.45, 2.75) is 90.6 Å². The van der Waals surface area contributed by atoms with Crippen molar-refractivity contribution in [1.29, 1.82) is 0 Å². The van der Waals surface area contributed by atoms with Gasteiger partial charge in [0.1, 0.15) is 11.9 Å². The number of esters is 1. The number of carbonyl (C=O) groups is 2. The van der Waals surface area contributed by atoms with Crippen molar-refractivity contribution >= 4 is 11.8 Å². The first-order valence-corrected chi connectivity index (χ1v) is 12.5. The molecule has 30 heavy (non-hydrogen) atoms. The molecule has 0 amide bonds. The molecular formula is C26H39NO3. The van der Waals surface area contributed by atoms with Crippen molar-refractivity contribution in [3.05, 3.63) is 11.6 Å². The second-order valence-corrected chi connectivity index (χ2v) is 11.3. The van der Waals surface area contributed by atoms with E-state index >= 15 is 0 Å². The predicted molar refractivity (Wildman–Crippen MR) is 117 cm³/mol. The zero-order valence-corrected chi connectivity index (χ0v) is 19.0. The van der Waals surface area contributed by atoms with Crippen LogP contribution in [0.5, 0.6) is 0 Å². The fraction of sp³-hybridized carbons (Fsp3) is 0.846. The van der Waals surface area contributed by atoms with Gasteiger partial charge in [0.05, 0.1) is 6.42 Å². The van der Waals surface area contributed by atoms with E-state index in [1.54, 1.807) is 5.57 Å². The molecule has 1 heterocycles. The molecule has 166 valence electrons. The predicted octanol–water partition coefficient (Wildman–Crippen LogP) is 4.92. The van der Waals surface area contributed by atoms with Gasteiger partial charge < -0.3 is 9.64 Å². The van der Waals surface area contributed by atoms with Gasteiger partial charge in [-0.25, -0.2) is 0 Å². The standard InChI is InChI=1S/C26H39NO3/c1-25-12-9-19(30-24(29)11-16-27-14-3-4-15-27)17-18(25)5-6-20-21-7-8-23(28)26(21,2)13-10-22(20)25/h5,19-22H,3-4,6-17H2,1-2H3/t19-,20+,21+,22+,25-,26-/m0/s1. The number of Topliss-reactive ketones (excluding diaryl/α,β-unsaturated/α-hetero) is 1. The quantitative estimate of drug-likeness (QED) is 0.485. The number of ether oxygens (including phenoxy) is 1. The van der Waals surface area contributed by atoms with Crippen LogP contribution < -0.4 is 0 Å². The van der Waals surface area contributed by atoms with Gasteiger partial charge in [0.15, 0.2) is 0 Å². The molecule has 0 N–H and O–H groups in total. The van der Waals surface area contributed by atoms with E-state index in [1.165, 1.54) is 19.3 Å². The smallest absolute Gasteiger partial charge is 0.307 e. The van der Waals surface area contributed by atoms with Crippen LogP contribution >= 0.6 is 0 Å². The molecule has 0 aromatic rings. The van der Waals surface area contributed by atoms with Gasteiger partial charge in [-0.15, -0.1) is 0 Å². The van der Waals surface area contributed by atoms with Crippen molar-refractivity contribution in [2.24, 2.45) is 28.6 Å². The summed E-state index contributed by atoms with van der Waals surface area (Å²) in [5.74, 6) is 2.47. The lowest BCUT2D eigenvalue weighted by Crippen LogP contribution is -2.50. The number of allylic oxidation sites excluding steroid dienone is 1. The van der Waals surface area contributed by atoms with Crippen LogP contribution in [0, 0.1) is 28.6 Å². The highest BCUT2D eigenvalue weighted by atomic mass is 16.5. The molecule has 4 aliphatic carbocycles. The lowest BCUT2D eigenvalue weighted by molar-refractivity contribution is -0.151. The highest BCUT2D eigenvalue weighted by molar-refractivity contribution is 5.87. The summed E-state index contributed by atoms with van der Waals surface area (Å²) in [6.07, 6.45) is 14.0. The third-order valence-corrected chi connectivity index (χ3v) is 9.90. The second-order valence-electron chi connectivity index (χ2n) is 11.3. The number of fused-ring (bicyclic) bond motifs is 5. The molecule has 1 saturated heterocycles. The minimum absolute atomic E-state index is 0.0114. The van der Waals surface area contributed by atoms with Crippen LogP contribution in [0.15, 0.2) is 11.6 Å². The van der Waals surface area contributed by atoms with Crippen LogP contribution in [0.25, 0.3) is 0 Å². The molecule has 0 spiro atoms. The summed E-state index contributed by atoms with van der Waals surface area (Å²) in [6, 6.07) is 0. The Balaban J connectivity index is 1.22. The Kier molecular flexibility index (Phi) is 5.36. The van der Waals surface area contributed by atoms with Crippen LogP contribution in [-0.2, 0) is 14.3 Å². The molecule has 5 aliphatic rings. The molecule has 5 rings (SSSR count). The van der Waals surface area contributed by atoms with Gasteiger partial charge in [0.2, 0.25) is 0 Å². The lowest BCUT2D eigenvalue weighted by atomic mass is 9.48. The van der Waals surface area contributed by atoms with Gasteiger partial charge in [-0.05, 0) is 87.6 Å². The molecule has 4 fully saturated rings. The molecule has 1 aliphatic heterocycles. The first-order valence-electron chi connectivity index (χ1n) is 12.5. The maximum Gasteiger partial charge on any atom is 0.307 e. The average Bonchev–Trinajstić information content (AvgIpc) is 3.35. The topological polar surface area (TPSA) is 46.6 Å². The van der Waals surface area contributed by atoms with E-state index in [0.29, 0.717) is 30.0 Å². The lowest BCUT2D eigenvalue weighted by Gasteiger charge is -2.56. The zero-order valence-electron chi connectivity index (χ0n) is 19.0.